The maximum atomic E-state index is 12.6. The summed E-state index contributed by atoms with van der Waals surface area (Å²) in [5.41, 5.74) is 2.56. The molecule has 0 aliphatic carbocycles. The van der Waals surface area contributed by atoms with E-state index in [2.05, 4.69) is 0 Å². The lowest BCUT2D eigenvalue weighted by molar-refractivity contribution is -0.128. The molecule has 0 radical (unpaired) electrons. The Balaban J connectivity index is 1.59. The van der Waals surface area contributed by atoms with Crippen molar-refractivity contribution in [2.24, 2.45) is 0 Å². The van der Waals surface area contributed by atoms with Crippen LogP contribution in [0.3, 0.4) is 0 Å². The normalized spacial score (nSPS) is 11.3. The summed E-state index contributed by atoms with van der Waals surface area (Å²) in [6, 6.07) is 30.1. The van der Waals surface area contributed by atoms with Crippen LogP contribution in [0.15, 0.2) is 103 Å². The van der Waals surface area contributed by atoms with E-state index in [-0.39, 0.29) is 5.75 Å². The maximum absolute atomic E-state index is 12.6. The number of esters is 1. The van der Waals surface area contributed by atoms with Crippen molar-refractivity contribution >= 4 is 45.2 Å². The van der Waals surface area contributed by atoms with Crippen LogP contribution < -0.4 is 4.74 Å². The summed E-state index contributed by atoms with van der Waals surface area (Å²) < 4.78 is 5.76. The van der Waals surface area contributed by atoms with Gasteiger partial charge in [-0.1, -0.05) is 84.4 Å². The van der Waals surface area contributed by atoms with Crippen molar-refractivity contribution in [2.45, 2.75) is 0 Å². The van der Waals surface area contributed by atoms with Crippen LogP contribution in [0.2, 0.25) is 5.02 Å². The molecule has 33 heavy (non-hydrogen) atoms. The number of hydrogen-bond donors (Lipinski definition) is 1. The van der Waals surface area contributed by atoms with Crippen LogP contribution >= 0.6 is 11.6 Å². The van der Waals surface area contributed by atoms with Gasteiger partial charge in [0.1, 0.15) is 11.5 Å². The number of aromatic hydroxyl groups is 1. The van der Waals surface area contributed by atoms with Crippen LogP contribution in [-0.2, 0) is 4.79 Å². The van der Waals surface area contributed by atoms with Crippen molar-refractivity contribution in [3.05, 3.63) is 114 Å². The van der Waals surface area contributed by atoms with Gasteiger partial charge in [0.15, 0.2) is 0 Å². The van der Waals surface area contributed by atoms with Crippen molar-refractivity contribution in [3.8, 4) is 22.6 Å². The highest BCUT2D eigenvalue weighted by Gasteiger charge is 2.15. The zero-order valence-electron chi connectivity index (χ0n) is 17.5. The third kappa shape index (κ3) is 4.19. The van der Waals surface area contributed by atoms with E-state index in [1.54, 1.807) is 30.3 Å². The number of phenolic OH excluding ortho intramolecular Hbond substituents is 1. The number of rotatable bonds is 4. The molecule has 0 saturated carbocycles. The van der Waals surface area contributed by atoms with Gasteiger partial charge < -0.3 is 9.84 Å². The van der Waals surface area contributed by atoms with Crippen molar-refractivity contribution in [2.75, 3.05) is 0 Å². The number of fused-ring (bicyclic) bond motifs is 2. The van der Waals surface area contributed by atoms with Crippen LogP contribution in [0.1, 0.15) is 5.56 Å². The minimum Gasteiger partial charge on any atom is -0.507 e. The van der Waals surface area contributed by atoms with E-state index in [1.807, 2.05) is 72.8 Å². The van der Waals surface area contributed by atoms with Crippen LogP contribution in [-0.4, -0.2) is 11.1 Å². The molecule has 0 aromatic heterocycles. The molecule has 0 aliphatic heterocycles. The molecular weight excluding hydrogens is 432 g/mol. The summed E-state index contributed by atoms with van der Waals surface area (Å²) >= 11 is 6.02. The first-order chi connectivity index (χ1) is 16.1. The van der Waals surface area contributed by atoms with Crippen LogP contribution in [0.25, 0.3) is 38.7 Å². The lowest BCUT2D eigenvalue weighted by Crippen LogP contribution is -2.04. The molecule has 5 rings (SSSR count). The highest BCUT2D eigenvalue weighted by Crippen LogP contribution is 2.41. The van der Waals surface area contributed by atoms with Gasteiger partial charge in [-0.25, -0.2) is 4.79 Å². The second kappa shape index (κ2) is 8.81. The van der Waals surface area contributed by atoms with Crippen molar-refractivity contribution in [1.82, 2.24) is 0 Å². The first-order valence-electron chi connectivity index (χ1n) is 10.5. The fraction of sp³-hybridized carbons (Fsp3) is 0. The van der Waals surface area contributed by atoms with Crippen molar-refractivity contribution in [1.29, 1.82) is 0 Å². The van der Waals surface area contributed by atoms with Gasteiger partial charge in [-0.15, -0.1) is 0 Å². The number of carbonyl (C=O) groups excluding carboxylic acids is 1. The average Bonchev–Trinajstić information content (AvgIpc) is 2.82. The molecule has 0 saturated heterocycles. The minimum atomic E-state index is -0.488. The van der Waals surface area contributed by atoms with Gasteiger partial charge in [0.2, 0.25) is 0 Å². The SMILES string of the molecule is O=C(/C=C/c1cccc(Cl)c1)Oc1cccc2cccc(-c3cccc4cccc(O)c34)c12. The molecule has 0 aliphatic rings. The molecule has 0 fully saturated rings. The second-order valence-electron chi connectivity index (χ2n) is 7.65. The summed E-state index contributed by atoms with van der Waals surface area (Å²) in [5, 5.41) is 14.6. The number of halogens is 1. The predicted octanol–water partition coefficient (Wildman–Crippen LogP) is 7.64. The smallest absolute Gasteiger partial charge is 0.336 e. The molecule has 0 spiro atoms. The van der Waals surface area contributed by atoms with Crippen molar-refractivity contribution < 1.29 is 14.6 Å². The fourth-order valence-electron chi connectivity index (χ4n) is 4.08. The number of benzene rings is 5. The molecule has 5 aromatic carbocycles. The van der Waals surface area contributed by atoms with E-state index < -0.39 is 5.97 Å². The predicted molar refractivity (Wildman–Crippen MR) is 135 cm³/mol. The number of hydrogen-bond acceptors (Lipinski definition) is 3. The zero-order chi connectivity index (χ0) is 22.8. The topological polar surface area (TPSA) is 46.5 Å². The standard InChI is InChI=1S/C29H19ClO3/c30-22-11-1-6-19(18-22)16-17-27(32)33-26-15-5-10-21-8-3-13-24(29(21)26)23-12-2-7-20-9-4-14-25(31)28(20)23/h1-18,31H/b17-16+. The monoisotopic (exact) mass is 450 g/mol. The van der Waals surface area contributed by atoms with E-state index in [0.717, 1.165) is 38.2 Å². The zero-order valence-corrected chi connectivity index (χ0v) is 18.3. The molecule has 5 aromatic rings. The third-order valence-corrected chi connectivity index (χ3v) is 5.75. The molecule has 4 heteroatoms. The molecule has 0 atom stereocenters. The Labute approximate surface area is 196 Å². The fourth-order valence-corrected chi connectivity index (χ4v) is 4.28. The van der Waals surface area contributed by atoms with E-state index >= 15 is 0 Å². The van der Waals surface area contributed by atoms with Gasteiger partial charge in [0.25, 0.3) is 0 Å². The molecule has 0 amide bonds. The summed E-state index contributed by atoms with van der Waals surface area (Å²) in [5.74, 6) is 0.174. The average molecular weight is 451 g/mol. The molecule has 3 nitrogen and oxygen atoms in total. The van der Waals surface area contributed by atoms with Crippen LogP contribution in [0, 0.1) is 0 Å². The highest BCUT2D eigenvalue weighted by atomic mass is 35.5. The molecule has 0 heterocycles. The lowest BCUT2D eigenvalue weighted by Gasteiger charge is -2.14. The Morgan fingerprint density at radius 3 is 2.09 bits per heavy atom. The highest BCUT2D eigenvalue weighted by molar-refractivity contribution is 6.30. The molecule has 0 bridgehead atoms. The van der Waals surface area contributed by atoms with Gasteiger partial charge in [-0.05, 0) is 57.8 Å². The first kappa shape index (κ1) is 20.8. The summed E-state index contributed by atoms with van der Waals surface area (Å²) in [6.07, 6.45) is 3.06. The Bertz CT molecular complexity index is 1520. The lowest BCUT2D eigenvalue weighted by atomic mass is 9.93. The van der Waals surface area contributed by atoms with E-state index in [4.69, 9.17) is 16.3 Å². The van der Waals surface area contributed by atoms with E-state index in [0.29, 0.717) is 10.8 Å². The third-order valence-electron chi connectivity index (χ3n) is 5.51. The van der Waals surface area contributed by atoms with Crippen molar-refractivity contribution in [3.63, 3.8) is 0 Å². The van der Waals surface area contributed by atoms with E-state index in [9.17, 15) is 9.90 Å². The van der Waals surface area contributed by atoms with Crippen LogP contribution in [0.5, 0.6) is 11.5 Å². The van der Waals surface area contributed by atoms with Gasteiger partial charge in [0.05, 0.1) is 0 Å². The Hall–Kier alpha value is -4.08. The quantitative estimate of drug-likeness (QED) is 0.174. The van der Waals surface area contributed by atoms with Gasteiger partial charge in [-0.2, -0.15) is 0 Å². The number of ether oxygens (including phenoxy) is 1. The Morgan fingerprint density at radius 2 is 1.36 bits per heavy atom. The summed E-state index contributed by atoms with van der Waals surface area (Å²) in [4.78, 5) is 12.6. The largest absolute Gasteiger partial charge is 0.507 e. The number of carbonyl (C=O) groups is 1. The minimum absolute atomic E-state index is 0.207. The van der Waals surface area contributed by atoms with Crippen LogP contribution in [0.4, 0.5) is 0 Å². The number of phenols is 1. The summed E-state index contributed by atoms with van der Waals surface area (Å²) in [7, 11) is 0. The maximum Gasteiger partial charge on any atom is 0.336 e. The van der Waals surface area contributed by atoms with Gasteiger partial charge in [0, 0.05) is 21.9 Å². The molecule has 0 unspecified atom stereocenters. The molecular formula is C29H19ClO3. The molecule has 160 valence electrons. The first-order valence-corrected chi connectivity index (χ1v) is 10.9. The van der Waals surface area contributed by atoms with Gasteiger partial charge in [-0.3, -0.25) is 0 Å². The Morgan fingerprint density at radius 1 is 0.758 bits per heavy atom. The summed E-state index contributed by atoms with van der Waals surface area (Å²) in [6.45, 7) is 0. The molecule has 1 N–H and O–H groups in total. The second-order valence-corrected chi connectivity index (χ2v) is 8.09. The van der Waals surface area contributed by atoms with Gasteiger partial charge >= 0.3 is 5.97 Å². The van der Waals surface area contributed by atoms with E-state index in [1.165, 1.54) is 6.08 Å². The Kier molecular flexibility index (Phi) is 5.55.